The van der Waals surface area contributed by atoms with Crippen LogP contribution >= 0.6 is 36.2 Å². The lowest BCUT2D eigenvalue weighted by Gasteiger charge is -2.06. The fraction of sp³-hybridized carbons (Fsp3) is 0.875. The number of thioether (sulfide) groups is 1. The molecule has 0 aromatic rings. The first kappa shape index (κ1) is 21.1. The highest BCUT2D eigenvalue weighted by Gasteiger charge is 1.98. The van der Waals surface area contributed by atoms with E-state index in [-0.39, 0.29) is 0 Å². The molecule has 0 rings (SSSR count). The summed E-state index contributed by atoms with van der Waals surface area (Å²) < 4.78 is 1.09. The van der Waals surface area contributed by atoms with Crippen molar-refractivity contribution in [1.29, 1.82) is 0 Å². The van der Waals surface area contributed by atoms with Crippen LogP contribution in [0.2, 0.25) is 0 Å². The van der Waals surface area contributed by atoms with Crippen molar-refractivity contribution in [1.82, 2.24) is 5.32 Å². The zero-order valence-corrected chi connectivity index (χ0v) is 15.9. The Kier molecular flexibility index (Phi) is 16.6. The third kappa shape index (κ3) is 18.1. The first-order chi connectivity index (χ1) is 10.2. The molecule has 21 heavy (non-hydrogen) atoms. The second-order valence-corrected chi connectivity index (χ2v) is 7.94. The van der Waals surface area contributed by atoms with Gasteiger partial charge in [-0.25, -0.2) is 0 Å². The van der Waals surface area contributed by atoms with E-state index in [4.69, 9.17) is 30.2 Å². The van der Waals surface area contributed by atoms with Gasteiger partial charge in [0.1, 0.15) is 8.64 Å². The van der Waals surface area contributed by atoms with Gasteiger partial charge in [-0.3, -0.25) is 0 Å². The van der Waals surface area contributed by atoms with Crippen LogP contribution in [0.5, 0.6) is 0 Å². The molecule has 0 aliphatic heterocycles. The fourth-order valence-corrected chi connectivity index (χ4v) is 3.42. The van der Waals surface area contributed by atoms with Crippen LogP contribution in [-0.4, -0.2) is 15.2 Å². The van der Waals surface area contributed by atoms with Crippen molar-refractivity contribution in [3.63, 3.8) is 0 Å². The molecule has 0 saturated heterocycles. The molecule has 0 spiro atoms. The Morgan fingerprint density at radius 3 is 1.67 bits per heavy atom. The molecule has 0 amide bonds. The van der Waals surface area contributed by atoms with Gasteiger partial charge in [0.2, 0.25) is 0 Å². The summed E-state index contributed by atoms with van der Waals surface area (Å²) in [5.41, 5.74) is 5.40. The first-order valence-corrected chi connectivity index (χ1v) is 10.0. The van der Waals surface area contributed by atoms with Crippen LogP contribution in [0.3, 0.4) is 0 Å². The van der Waals surface area contributed by atoms with Crippen molar-refractivity contribution in [2.75, 3.05) is 6.54 Å². The van der Waals surface area contributed by atoms with Gasteiger partial charge in [0.25, 0.3) is 0 Å². The number of rotatable bonds is 13. The van der Waals surface area contributed by atoms with Crippen molar-refractivity contribution in [3.05, 3.63) is 0 Å². The summed E-state index contributed by atoms with van der Waals surface area (Å²) in [7, 11) is 0. The molecular formula is C16H32N2S3. The minimum atomic E-state index is 0.391. The lowest BCUT2D eigenvalue weighted by molar-refractivity contribution is 0.543. The van der Waals surface area contributed by atoms with Crippen LogP contribution in [0.4, 0.5) is 0 Å². The van der Waals surface area contributed by atoms with Crippen LogP contribution in [0.15, 0.2) is 0 Å². The number of unbranched alkanes of at least 4 members (excludes halogenated alkanes) is 11. The summed E-state index contributed by atoms with van der Waals surface area (Å²) in [6, 6.07) is 0. The summed E-state index contributed by atoms with van der Waals surface area (Å²) in [4.78, 5) is 0. The Hall–Kier alpha value is 0.130. The van der Waals surface area contributed by atoms with E-state index in [0.29, 0.717) is 8.64 Å². The van der Waals surface area contributed by atoms with Crippen LogP contribution in [-0.2, 0) is 0 Å². The van der Waals surface area contributed by atoms with E-state index in [1.54, 1.807) is 0 Å². The lowest BCUT2D eigenvalue weighted by atomic mass is 10.1. The van der Waals surface area contributed by atoms with Gasteiger partial charge in [-0.05, 0) is 18.2 Å². The van der Waals surface area contributed by atoms with Crippen molar-refractivity contribution < 1.29 is 0 Å². The van der Waals surface area contributed by atoms with Crippen LogP contribution in [0.1, 0.15) is 84.0 Å². The van der Waals surface area contributed by atoms with E-state index in [2.05, 4.69) is 12.2 Å². The minimum Gasteiger partial charge on any atom is -0.384 e. The van der Waals surface area contributed by atoms with E-state index in [9.17, 15) is 0 Å². The molecule has 124 valence electrons. The maximum Gasteiger partial charge on any atom is 0.140 e. The predicted octanol–water partition coefficient (Wildman–Crippen LogP) is 5.54. The third-order valence-corrected chi connectivity index (χ3v) is 4.67. The highest BCUT2D eigenvalue weighted by Crippen LogP contribution is 2.11. The van der Waals surface area contributed by atoms with Crippen molar-refractivity contribution in [2.45, 2.75) is 84.0 Å². The van der Waals surface area contributed by atoms with Gasteiger partial charge >= 0.3 is 0 Å². The van der Waals surface area contributed by atoms with Gasteiger partial charge < -0.3 is 11.1 Å². The van der Waals surface area contributed by atoms with Crippen molar-refractivity contribution >= 4 is 44.8 Å². The van der Waals surface area contributed by atoms with Crippen LogP contribution in [0, 0.1) is 0 Å². The van der Waals surface area contributed by atoms with E-state index >= 15 is 0 Å². The summed E-state index contributed by atoms with van der Waals surface area (Å²) in [5.74, 6) is 0. The molecule has 0 aliphatic rings. The quantitative estimate of drug-likeness (QED) is 0.338. The molecule has 5 heteroatoms. The topological polar surface area (TPSA) is 38.0 Å². The Bertz CT molecular complexity index is 270. The van der Waals surface area contributed by atoms with Crippen molar-refractivity contribution in [2.24, 2.45) is 5.73 Å². The second-order valence-electron chi connectivity index (χ2n) is 5.52. The minimum absolute atomic E-state index is 0.391. The Labute approximate surface area is 146 Å². The van der Waals surface area contributed by atoms with Gasteiger partial charge in [0.15, 0.2) is 0 Å². The molecule has 0 aromatic carbocycles. The SMILES string of the molecule is CCCCCCCCCCCCCCNC(=S)SC(N)=S. The summed E-state index contributed by atoms with van der Waals surface area (Å²) in [5, 5.41) is 3.18. The Morgan fingerprint density at radius 2 is 1.24 bits per heavy atom. The average Bonchev–Trinajstić information content (AvgIpc) is 2.43. The highest BCUT2D eigenvalue weighted by molar-refractivity contribution is 8.37. The van der Waals surface area contributed by atoms with E-state index in [1.807, 2.05) is 0 Å². The third-order valence-electron chi connectivity index (χ3n) is 3.49. The molecule has 0 bridgehead atoms. The zero-order chi connectivity index (χ0) is 15.8. The van der Waals surface area contributed by atoms with E-state index in [0.717, 1.165) is 6.54 Å². The molecule has 0 heterocycles. The molecule has 2 nitrogen and oxygen atoms in total. The number of nitrogens with two attached hydrogens (primary N) is 1. The van der Waals surface area contributed by atoms with E-state index < -0.39 is 0 Å². The molecule has 3 N–H and O–H groups in total. The Morgan fingerprint density at radius 1 is 0.810 bits per heavy atom. The molecular weight excluding hydrogens is 316 g/mol. The average molecular weight is 349 g/mol. The first-order valence-electron chi connectivity index (χ1n) is 8.42. The maximum atomic E-state index is 5.40. The lowest BCUT2D eigenvalue weighted by Crippen LogP contribution is -2.22. The van der Waals surface area contributed by atoms with Crippen LogP contribution < -0.4 is 11.1 Å². The normalized spacial score (nSPS) is 10.5. The standard InChI is InChI=1S/C16H32N2S3/c1-2-3-4-5-6-7-8-9-10-11-12-13-14-18-16(20)21-15(17)19/h2-14H2,1H3,(H2,17,19)(H,18,20). The largest absolute Gasteiger partial charge is 0.384 e. The molecule has 0 aromatic heterocycles. The van der Waals surface area contributed by atoms with E-state index in [1.165, 1.54) is 88.8 Å². The van der Waals surface area contributed by atoms with Gasteiger partial charge in [0.05, 0.1) is 0 Å². The summed E-state index contributed by atoms with van der Waals surface area (Å²) in [6.07, 6.45) is 16.5. The zero-order valence-electron chi connectivity index (χ0n) is 13.5. The van der Waals surface area contributed by atoms with Gasteiger partial charge in [-0.1, -0.05) is 102 Å². The molecule has 0 atom stereocenters. The molecule has 0 fully saturated rings. The summed E-state index contributed by atoms with van der Waals surface area (Å²) in [6.45, 7) is 3.21. The van der Waals surface area contributed by atoms with Gasteiger partial charge in [0, 0.05) is 6.54 Å². The highest BCUT2D eigenvalue weighted by atomic mass is 32.2. The van der Waals surface area contributed by atoms with Crippen molar-refractivity contribution in [3.8, 4) is 0 Å². The Balaban J connectivity index is 3.09. The maximum absolute atomic E-state index is 5.40. The van der Waals surface area contributed by atoms with Gasteiger partial charge in [-0.2, -0.15) is 0 Å². The molecule has 0 unspecified atom stereocenters. The summed E-state index contributed by atoms with van der Waals surface area (Å²) >= 11 is 11.2. The molecule has 0 radical (unpaired) electrons. The van der Waals surface area contributed by atoms with Gasteiger partial charge in [-0.15, -0.1) is 0 Å². The second kappa shape index (κ2) is 16.5. The number of hydrogen-bond acceptors (Lipinski definition) is 3. The predicted molar refractivity (Wildman–Crippen MR) is 106 cm³/mol. The number of thiocarbonyl (C=S) groups is 2. The molecule has 0 aliphatic carbocycles. The monoisotopic (exact) mass is 348 g/mol. The van der Waals surface area contributed by atoms with Crippen LogP contribution in [0.25, 0.3) is 0 Å². The fourth-order valence-electron chi connectivity index (χ4n) is 2.28. The molecule has 0 saturated carbocycles. The number of hydrogen-bond donors (Lipinski definition) is 2. The number of nitrogens with one attached hydrogen (secondary N) is 1. The smallest absolute Gasteiger partial charge is 0.140 e.